The smallest absolute Gasteiger partial charge is 0.0806 e. The second-order valence-corrected chi connectivity index (χ2v) is 3.90. The molecule has 2 N–H and O–H groups in total. The predicted octanol–water partition coefficient (Wildman–Crippen LogP) is 1.57. The molecule has 2 nitrogen and oxygen atoms in total. The van der Waals surface area contributed by atoms with Crippen LogP contribution in [0.15, 0.2) is 29.2 Å². The van der Waals surface area contributed by atoms with Gasteiger partial charge in [0, 0.05) is 22.9 Å². The zero-order valence-corrected chi connectivity index (χ0v) is 7.47. The van der Waals surface area contributed by atoms with Gasteiger partial charge in [-0.1, -0.05) is 12.1 Å². The summed E-state index contributed by atoms with van der Waals surface area (Å²) in [6.45, 7) is 0.657. The molecule has 0 saturated carbocycles. The van der Waals surface area contributed by atoms with Gasteiger partial charge in [-0.3, -0.25) is 0 Å². The average molecular weight is 181 g/mol. The SMILES string of the molecule is OC1CNc2ccccc2SC1. The Hall–Kier alpha value is -0.670. The Morgan fingerprint density at radius 2 is 2.25 bits per heavy atom. The topological polar surface area (TPSA) is 32.3 Å². The van der Waals surface area contributed by atoms with Crippen LogP contribution < -0.4 is 5.32 Å². The van der Waals surface area contributed by atoms with E-state index in [1.54, 1.807) is 11.8 Å². The number of β-amino-alcohol motifs (C(OH)–C–C–N with tert-alkyl or cyclic N) is 1. The van der Waals surface area contributed by atoms with Crippen molar-refractivity contribution in [3.63, 3.8) is 0 Å². The standard InChI is InChI=1S/C9H11NOS/c11-7-5-10-8-3-1-2-4-9(8)12-6-7/h1-4,7,10-11H,5-6H2. The predicted molar refractivity (Wildman–Crippen MR) is 51.7 cm³/mol. The van der Waals surface area contributed by atoms with Crippen molar-refractivity contribution in [2.24, 2.45) is 0 Å². The Balaban J connectivity index is 2.26. The fraction of sp³-hybridized carbons (Fsp3) is 0.333. The molecule has 0 amide bonds. The minimum absolute atomic E-state index is 0.234. The van der Waals surface area contributed by atoms with Gasteiger partial charge in [0.25, 0.3) is 0 Å². The first kappa shape index (κ1) is 7.95. The van der Waals surface area contributed by atoms with Gasteiger partial charge < -0.3 is 10.4 Å². The largest absolute Gasteiger partial charge is 0.390 e. The van der Waals surface area contributed by atoms with Crippen LogP contribution in [0.5, 0.6) is 0 Å². The maximum Gasteiger partial charge on any atom is 0.0806 e. The number of anilines is 1. The van der Waals surface area contributed by atoms with Crippen molar-refractivity contribution in [3.8, 4) is 0 Å². The summed E-state index contributed by atoms with van der Waals surface area (Å²) in [4.78, 5) is 1.23. The van der Waals surface area contributed by atoms with Crippen LogP contribution in [-0.4, -0.2) is 23.5 Å². The lowest BCUT2D eigenvalue weighted by molar-refractivity contribution is 0.213. The lowest BCUT2D eigenvalue weighted by Crippen LogP contribution is -2.19. The summed E-state index contributed by atoms with van der Waals surface area (Å²) in [6.07, 6.45) is -0.234. The molecule has 0 saturated heterocycles. The van der Waals surface area contributed by atoms with E-state index in [9.17, 15) is 5.11 Å². The van der Waals surface area contributed by atoms with Crippen LogP contribution in [0.2, 0.25) is 0 Å². The molecule has 1 atom stereocenters. The van der Waals surface area contributed by atoms with E-state index in [0.29, 0.717) is 6.54 Å². The molecule has 0 spiro atoms. The van der Waals surface area contributed by atoms with E-state index >= 15 is 0 Å². The molecule has 0 fully saturated rings. The summed E-state index contributed by atoms with van der Waals surface area (Å²) in [6, 6.07) is 8.14. The van der Waals surface area contributed by atoms with Crippen molar-refractivity contribution in [1.29, 1.82) is 0 Å². The summed E-state index contributed by atoms with van der Waals surface area (Å²) in [5.41, 5.74) is 1.14. The van der Waals surface area contributed by atoms with Crippen LogP contribution in [0.3, 0.4) is 0 Å². The first-order chi connectivity index (χ1) is 5.86. The minimum Gasteiger partial charge on any atom is -0.390 e. The Morgan fingerprint density at radius 3 is 3.17 bits per heavy atom. The average Bonchev–Trinajstić information content (AvgIpc) is 2.29. The van der Waals surface area contributed by atoms with Crippen LogP contribution in [0, 0.1) is 0 Å². The number of thioether (sulfide) groups is 1. The van der Waals surface area contributed by atoms with Crippen molar-refractivity contribution >= 4 is 17.4 Å². The normalized spacial score (nSPS) is 22.2. The van der Waals surface area contributed by atoms with Crippen LogP contribution in [0.25, 0.3) is 0 Å². The highest BCUT2D eigenvalue weighted by molar-refractivity contribution is 7.99. The Bertz CT molecular complexity index is 250. The molecule has 1 unspecified atom stereocenters. The first-order valence-corrected chi connectivity index (χ1v) is 4.98. The van der Waals surface area contributed by atoms with E-state index in [-0.39, 0.29) is 6.10 Å². The van der Waals surface area contributed by atoms with Gasteiger partial charge in [0.1, 0.15) is 0 Å². The van der Waals surface area contributed by atoms with Crippen molar-refractivity contribution in [2.75, 3.05) is 17.6 Å². The highest BCUT2D eigenvalue weighted by Crippen LogP contribution is 2.29. The van der Waals surface area contributed by atoms with Gasteiger partial charge in [0.15, 0.2) is 0 Å². The van der Waals surface area contributed by atoms with E-state index < -0.39 is 0 Å². The third-order valence-corrected chi connectivity index (χ3v) is 3.06. The molecule has 1 aliphatic rings. The number of aliphatic hydroxyl groups excluding tert-OH is 1. The molecule has 0 radical (unpaired) electrons. The highest BCUT2D eigenvalue weighted by Gasteiger charge is 2.12. The number of benzene rings is 1. The fourth-order valence-corrected chi connectivity index (χ4v) is 2.17. The molecule has 1 heterocycles. The molecule has 12 heavy (non-hydrogen) atoms. The Labute approximate surface area is 76.0 Å². The summed E-state index contributed by atoms with van der Waals surface area (Å²) >= 11 is 1.71. The first-order valence-electron chi connectivity index (χ1n) is 4.00. The van der Waals surface area contributed by atoms with E-state index in [1.165, 1.54) is 4.90 Å². The Kier molecular flexibility index (Phi) is 2.23. The maximum absolute atomic E-state index is 9.38. The molecular formula is C9H11NOS. The zero-order valence-electron chi connectivity index (χ0n) is 6.66. The van der Waals surface area contributed by atoms with Crippen LogP contribution in [-0.2, 0) is 0 Å². The number of rotatable bonds is 0. The van der Waals surface area contributed by atoms with Gasteiger partial charge in [0.05, 0.1) is 6.10 Å². The summed E-state index contributed by atoms with van der Waals surface area (Å²) in [7, 11) is 0. The van der Waals surface area contributed by atoms with Crippen molar-refractivity contribution in [2.45, 2.75) is 11.0 Å². The number of aliphatic hydroxyl groups is 1. The van der Waals surface area contributed by atoms with Gasteiger partial charge in [-0.2, -0.15) is 0 Å². The van der Waals surface area contributed by atoms with E-state index in [1.807, 2.05) is 18.2 Å². The maximum atomic E-state index is 9.38. The molecule has 0 aliphatic carbocycles. The molecular weight excluding hydrogens is 170 g/mol. The molecule has 0 bridgehead atoms. The second-order valence-electron chi connectivity index (χ2n) is 2.84. The van der Waals surface area contributed by atoms with Crippen LogP contribution >= 0.6 is 11.8 Å². The third-order valence-electron chi connectivity index (χ3n) is 1.85. The van der Waals surface area contributed by atoms with E-state index in [4.69, 9.17) is 0 Å². The lowest BCUT2D eigenvalue weighted by Gasteiger charge is -2.05. The molecule has 1 aromatic carbocycles. The van der Waals surface area contributed by atoms with Gasteiger partial charge in [0.2, 0.25) is 0 Å². The van der Waals surface area contributed by atoms with Gasteiger partial charge in [-0.25, -0.2) is 0 Å². The third kappa shape index (κ3) is 1.57. The van der Waals surface area contributed by atoms with Crippen LogP contribution in [0.1, 0.15) is 0 Å². The number of nitrogens with one attached hydrogen (secondary N) is 1. The van der Waals surface area contributed by atoms with Crippen molar-refractivity contribution in [3.05, 3.63) is 24.3 Å². The van der Waals surface area contributed by atoms with E-state index in [0.717, 1.165) is 11.4 Å². The van der Waals surface area contributed by atoms with Gasteiger partial charge >= 0.3 is 0 Å². The van der Waals surface area contributed by atoms with Gasteiger partial charge in [-0.05, 0) is 12.1 Å². The molecule has 64 valence electrons. The fourth-order valence-electron chi connectivity index (χ4n) is 1.21. The Morgan fingerprint density at radius 1 is 1.42 bits per heavy atom. The summed E-state index contributed by atoms with van der Waals surface area (Å²) < 4.78 is 0. The number of para-hydroxylation sites is 1. The number of hydrogen-bond acceptors (Lipinski definition) is 3. The molecule has 3 heteroatoms. The quantitative estimate of drug-likeness (QED) is 0.637. The highest BCUT2D eigenvalue weighted by atomic mass is 32.2. The molecule has 0 aromatic heterocycles. The molecule has 1 aliphatic heterocycles. The monoisotopic (exact) mass is 181 g/mol. The number of fused-ring (bicyclic) bond motifs is 1. The van der Waals surface area contributed by atoms with Crippen molar-refractivity contribution < 1.29 is 5.11 Å². The minimum atomic E-state index is -0.234. The van der Waals surface area contributed by atoms with E-state index in [2.05, 4.69) is 11.4 Å². The summed E-state index contributed by atoms with van der Waals surface area (Å²) in [5, 5.41) is 12.6. The summed E-state index contributed by atoms with van der Waals surface area (Å²) in [5.74, 6) is 0.782. The zero-order chi connectivity index (χ0) is 8.39. The molecule has 1 aromatic rings. The lowest BCUT2D eigenvalue weighted by atomic mass is 10.3. The number of hydrogen-bond donors (Lipinski definition) is 2. The van der Waals surface area contributed by atoms with Crippen molar-refractivity contribution in [1.82, 2.24) is 0 Å². The molecule has 2 rings (SSSR count). The van der Waals surface area contributed by atoms with Gasteiger partial charge in [-0.15, -0.1) is 11.8 Å². The second kappa shape index (κ2) is 3.37. The van der Waals surface area contributed by atoms with Crippen LogP contribution in [0.4, 0.5) is 5.69 Å².